The second kappa shape index (κ2) is 4.89. The second-order valence-electron chi connectivity index (χ2n) is 5.70. The van der Waals surface area contributed by atoms with Crippen molar-refractivity contribution in [3.63, 3.8) is 0 Å². The number of fused-ring (bicyclic) bond motifs is 1. The van der Waals surface area contributed by atoms with Crippen molar-refractivity contribution in [3.05, 3.63) is 12.2 Å². The number of allylic oxidation sites excluding steroid dienone is 1. The normalized spacial score (nSPS) is 37.6. The number of hydrogen-bond donors (Lipinski definition) is 1. The Kier molecular flexibility index (Phi) is 3.30. The summed E-state index contributed by atoms with van der Waals surface area (Å²) in [6, 6.07) is 0.808. The van der Waals surface area contributed by atoms with Crippen molar-refractivity contribution in [2.45, 2.75) is 38.1 Å². The van der Waals surface area contributed by atoms with Gasteiger partial charge in [0.1, 0.15) is 0 Å². The highest BCUT2D eigenvalue weighted by Crippen LogP contribution is 2.42. The van der Waals surface area contributed by atoms with Gasteiger partial charge >= 0.3 is 0 Å². The molecule has 3 unspecified atom stereocenters. The maximum Gasteiger partial charge on any atom is 0.0136 e. The van der Waals surface area contributed by atoms with Crippen LogP contribution in [0.3, 0.4) is 0 Å². The molecule has 2 heteroatoms. The van der Waals surface area contributed by atoms with E-state index in [9.17, 15) is 0 Å². The molecular weight excluding hydrogens is 196 g/mol. The minimum absolute atomic E-state index is 0.808. The van der Waals surface area contributed by atoms with Crippen molar-refractivity contribution >= 4 is 0 Å². The zero-order valence-electron chi connectivity index (χ0n) is 10.2. The van der Waals surface area contributed by atoms with Crippen molar-refractivity contribution in [1.29, 1.82) is 0 Å². The van der Waals surface area contributed by atoms with E-state index in [-0.39, 0.29) is 0 Å². The zero-order chi connectivity index (χ0) is 10.8. The van der Waals surface area contributed by atoms with Gasteiger partial charge in [-0.3, -0.25) is 0 Å². The fourth-order valence-electron chi connectivity index (χ4n) is 3.54. The molecule has 3 rings (SSSR count). The van der Waals surface area contributed by atoms with E-state index in [0.717, 1.165) is 17.9 Å². The number of likely N-dealkylation sites (tertiary alicyclic amines) is 1. The molecule has 2 nitrogen and oxygen atoms in total. The molecule has 2 aliphatic carbocycles. The zero-order valence-corrected chi connectivity index (χ0v) is 10.2. The van der Waals surface area contributed by atoms with Crippen LogP contribution in [0.2, 0.25) is 0 Å². The molecule has 0 amide bonds. The number of rotatable bonds is 5. The average molecular weight is 220 g/mol. The largest absolute Gasteiger partial charge is 0.313 e. The summed E-state index contributed by atoms with van der Waals surface area (Å²) >= 11 is 0. The van der Waals surface area contributed by atoms with E-state index in [2.05, 4.69) is 22.4 Å². The van der Waals surface area contributed by atoms with E-state index < -0.39 is 0 Å². The molecular formula is C14H24N2. The predicted molar refractivity (Wildman–Crippen MR) is 67.4 cm³/mol. The van der Waals surface area contributed by atoms with Gasteiger partial charge in [0.05, 0.1) is 0 Å². The summed E-state index contributed by atoms with van der Waals surface area (Å²) in [6.45, 7) is 5.22. The minimum atomic E-state index is 0.808. The van der Waals surface area contributed by atoms with Crippen molar-refractivity contribution in [3.8, 4) is 0 Å². The molecule has 1 heterocycles. The molecule has 0 aromatic heterocycles. The first-order chi connectivity index (χ1) is 7.93. The Morgan fingerprint density at radius 1 is 1.25 bits per heavy atom. The predicted octanol–water partition coefficient (Wildman–Crippen LogP) is 2.03. The second-order valence-corrected chi connectivity index (χ2v) is 5.70. The van der Waals surface area contributed by atoms with Gasteiger partial charge in [0.15, 0.2) is 0 Å². The Balaban J connectivity index is 1.28. The first kappa shape index (κ1) is 10.8. The third kappa shape index (κ3) is 2.18. The van der Waals surface area contributed by atoms with Crippen LogP contribution in [0.1, 0.15) is 32.1 Å². The molecule has 3 aliphatic rings. The molecule has 0 aromatic carbocycles. The smallest absolute Gasteiger partial charge is 0.0136 e. The Bertz CT molecular complexity index is 255. The quantitative estimate of drug-likeness (QED) is 0.563. The topological polar surface area (TPSA) is 15.3 Å². The van der Waals surface area contributed by atoms with Crippen LogP contribution in [0, 0.1) is 11.8 Å². The number of nitrogens with zero attached hydrogens (tertiary/aromatic N) is 1. The molecule has 1 aliphatic heterocycles. The molecule has 0 radical (unpaired) electrons. The first-order valence-electron chi connectivity index (χ1n) is 7.06. The molecule has 1 N–H and O–H groups in total. The van der Waals surface area contributed by atoms with Gasteiger partial charge in [-0.1, -0.05) is 12.2 Å². The summed E-state index contributed by atoms with van der Waals surface area (Å²) < 4.78 is 0. The lowest BCUT2D eigenvalue weighted by Crippen LogP contribution is -2.48. The fourth-order valence-corrected chi connectivity index (χ4v) is 3.54. The monoisotopic (exact) mass is 220 g/mol. The summed E-state index contributed by atoms with van der Waals surface area (Å²) in [7, 11) is 0. The van der Waals surface area contributed by atoms with Crippen LogP contribution in [0.4, 0.5) is 0 Å². The van der Waals surface area contributed by atoms with Gasteiger partial charge < -0.3 is 10.2 Å². The van der Waals surface area contributed by atoms with E-state index in [1.807, 2.05) is 0 Å². The van der Waals surface area contributed by atoms with Gasteiger partial charge in [0.25, 0.3) is 0 Å². The summed E-state index contributed by atoms with van der Waals surface area (Å²) in [6.07, 6.45) is 11.7. The van der Waals surface area contributed by atoms with Gasteiger partial charge in [0.2, 0.25) is 0 Å². The summed E-state index contributed by atoms with van der Waals surface area (Å²) in [5.74, 6) is 1.88. The lowest BCUT2D eigenvalue weighted by atomic mass is 9.71. The van der Waals surface area contributed by atoms with E-state index in [0.29, 0.717) is 0 Å². The lowest BCUT2D eigenvalue weighted by Gasteiger charge is -2.40. The number of nitrogens with one attached hydrogen (secondary N) is 1. The lowest BCUT2D eigenvalue weighted by molar-refractivity contribution is 0.162. The average Bonchev–Trinajstić information content (AvgIpc) is 2.88. The van der Waals surface area contributed by atoms with Crippen LogP contribution in [0.5, 0.6) is 0 Å². The van der Waals surface area contributed by atoms with Crippen LogP contribution in [-0.2, 0) is 0 Å². The van der Waals surface area contributed by atoms with Crippen LogP contribution in [-0.4, -0.2) is 37.1 Å². The van der Waals surface area contributed by atoms with Crippen molar-refractivity contribution in [1.82, 2.24) is 10.2 Å². The highest BCUT2D eigenvalue weighted by molar-refractivity contribution is 5.12. The van der Waals surface area contributed by atoms with Crippen molar-refractivity contribution in [2.75, 3.05) is 26.2 Å². The minimum Gasteiger partial charge on any atom is -0.313 e. The molecule has 2 fully saturated rings. The van der Waals surface area contributed by atoms with E-state index in [4.69, 9.17) is 0 Å². The van der Waals surface area contributed by atoms with Crippen molar-refractivity contribution < 1.29 is 0 Å². The Hall–Kier alpha value is -0.340. The molecule has 0 spiro atoms. The van der Waals surface area contributed by atoms with Crippen molar-refractivity contribution in [2.24, 2.45) is 11.8 Å². The highest BCUT2D eigenvalue weighted by Gasteiger charge is 2.40. The van der Waals surface area contributed by atoms with Crippen LogP contribution in [0.15, 0.2) is 12.2 Å². The summed E-state index contributed by atoms with van der Waals surface area (Å²) in [4.78, 5) is 2.61. The summed E-state index contributed by atoms with van der Waals surface area (Å²) in [5, 5.41) is 3.74. The van der Waals surface area contributed by atoms with E-state index in [1.54, 1.807) is 0 Å². The van der Waals surface area contributed by atoms with Gasteiger partial charge in [-0.2, -0.15) is 0 Å². The Labute approximate surface area is 99.1 Å². The summed E-state index contributed by atoms with van der Waals surface area (Å²) in [5.41, 5.74) is 0. The molecule has 90 valence electrons. The molecule has 1 saturated heterocycles. The van der Waals surface area contributed by atoms with Gasteiger partial charge in [-0.15, -0.1) is 0 Å². The van der Waals surface area contributed by atoms with Crippen LogP contribution in [0.25, 0.3) is 0 Å². The third-order valence-electron chi connectivity index (χ3n) is 4.62. The molecule has 0 bridgehead atoms. The van der Waals surface area contributed by atoms with Gasteiger partial charge in [-0.25, -0.2) is 0 Å². The molecule has 3 atom stereocenters. The Morgan fingerprint density at radius 3 is 2.94 bits per heavy atom. The first-order valence-corrected chi connectivity index (χ1v) is 7.06. The molecule has 0 aromatic rings. The SMILES string of the molecule is C1=CC2C(C1)CC2NCCCN1CCCC1. The van der Waals surface area contributed by atoms with E-state index >= 15 is 0 Å². The third-order valence-corrected chi connectivity index (χ3v) is 4.62. The highest BCUT2D eigenvalue weighted by atomic mass is 15.1. The Morgan fingerprint density at radius 2 is 2.12 bits per heavy atom. The maximum absolute atomic E-state index is 3.74. The van der Waals surface area contributed by atoms with Gasteiger partial charge in [-0.05, 0) is 70.1 Å². The standard InChI is InChI=1S/C14H24N2/c1-2-9-16(8-1)10-4-7-15-14-11-12-5-3-6-13(12)14/h3,6,12-15H,1-2,4-5,7-11H2. The maximum atomic E-state index is 3.74. The van der Waals surface area contributed by atoms with E-state index in [1.165, 1.54) is 58.3 Å². The van der Waals surface area contributed by atoms with Crippen LogP contribution >= 0.6 is 0 Å². The number of hydrogen-bond acceptors (Lipinski definition) is 2. The van der Waals surface area contributed by atoms with Gasteiger partial charge in [0, 0.05) is 6.04 Å². The molecule has 1 saturated carbocycles. The molecule has 16 heavy (non-hydrogen) atoms. The van der Waals surface area contributed by atoms with Crippen LogP contribution < -0.4 is 5.32 Å². The fraction of sp³-hybridized carbons (Fsp3) is 0.857.